The molecule has 0 aliphatic rings. The molecular weight excluding hydrogens is 314 g/mol. The van der Waals surface area contributed by atoms with E-state index in [0.29, 0.717) is 5.69 Å². The SMILES string of the molecule is Cn1ncc(C(=O)O)c1-c1cc(NC(=O)OC(C)(C)C)ccc1O. The Morgan fingerprint density at radius 1 is 1.29 bits per heavy atom. The molecule has 1 heterocycles. The largest absolute Gasteiger partial charge is 0.507 e. The lowest BCUT2D eigenvalue weighted by Crippen LogP contribution is -2.27. The second-order valence-corrected chi connectivity index (χ2v) is 6.19. The predicted octanol–water partition coefficient (Wildman–Crippen LogP) is 2.84. The van der Waals surface area contributed by atoms with E-state index >= 15 is 0 Å². The van der Waals surface area contributed by atoms with E-state index in [4.69, 9.17) is 4.74 Å². The number of anilines is 1. The van der Waals surface area contributed by atoms with Crippen molar-refractivity contribution in [3.05, 3.63) is 30.0 Å². The number of benzene rings is 1. The van der Waals surface area contributed by atoms with Crippen LogP contribution in [0.15, 0.2) is 24.4 Å². The molecule has 0 bridgehead atoms. The Morgan fingerprint density at radius 2 is 1.96 bits per heavy atom. The van der Waals surface area contributed by atoms with Crippen molar-refractivity contribution in [2.45, 2.75) is 26.4 Å². The standard InChI is InChI=1S/C16H19N3O5/c1-16(2,3)24-15(23)18-9-5-6-12(20)10(7-9)13-11(14(21)22)8-17-19(13)4/h5-8,20H,1-4H3,(H,18,23)(H,21,22). The highest BCUT2D eigenvalue weighted by Gasteiger charge is 2.21. The van der Waals surface area contributed by atoms with Gasteiger partial charge in [0.05, 0.1) is 11.9 Å². The van der Waals surface area contributed by atoms with Gasteiger partial charge in [0.25, 0.3) is 0 Å². The lowest BCUT2D eigenvalue weighted by molar-refractivity contribution is 0.0634. The summed E-state index contributed by atoms with van der Waals surface area (Å²) < 4.78 is 6.51. The molecule has 2 aromatic rings. The summed E-state index contributed by atoms with van der Waals surface area (Å²) in [7, 11) is 1.56. The minimum atomic E-state index is -1.16. The maximum atomic E-state index is 11.8. The number of hydrogen-bond donors (Lipinski definition) is 3. The topological polar surface area (TPSA) is 114 Å². The molecule has 2 rings (SSSR count). The average molecular weight is 333 g/mol. The van der Waals surface area contributed by atoms with E-state index in [1.807, 2.05) is 0 Å². The first kappa shape index (κ1) is 17.3. The van der Waals surface area contributed by atoms with Crippen molar-refractivity contribution < 1.29 is 24.5 Å². The fourth-order valence-electron chi connectivity index (χ4n) is 2.14. The van der Waals surface area contributed by atoms with Gasteiger partial charge in [0, 0.05) is 18.3 Å². The molecular formula is C16H19N3O5. The summed E-state index contributed by atoms with van der Waals surface area (Å²) >= 11 is 0. The molecule has 1 aromatic heterocycles. The number of hydrogen-bond acceptors (Lipinski definition) is 5. The fraction of sp³-hybridized carbons (Fsp3) is 0.312. The highest BCUT2D eigenvalue weighted by Crippen LogP contribution is 2.33. The molecule has 8 nitrogen and oxygen atoms in total. The highest BCUT2D eigenvalue weighted by atomic mass is 16.6. The zero-order chi connectivity index (χ0) is 18.1. The molecule has 0 spiro atoms. The van der Waals surface area contributed by atoms with E-state index in [2.05, 4.69) is 10.4 Å². The van der Waals surface area contributed by atoms with E-state index in [9.17, 15) is 19.8 Å². The number of aromatic carboxylic acids is 1. The number of ether oxygens (including phenoxy) is 1. The number of carboxylic acids is 1. The molecule has 1 amide bonds. The quantitative estimate of drug-likeness (QED) is 0.744. The van der Waals surface area contributed by atoms with Crippen LogP contribution in [0, 0.1) is 0 Å². The number of rotatable bonds is 3. The number of amides is 1. The first-order chi connectivity index (χ1) is 11.1. The van der Waals surface area contributed by atoms with E-state index in [-0.39, 0.29) is 22.6 Å². The first-order valence-electron chi connectivity index (χ1n) is 7.17. The monoisotopic (exact) mass is 333 g/mol. The van der Waals surface area contributed by atoms with Gasteiger partial charge in [0.2, 0.25) is 0 Å². The fourth-order valence-corrected chi connectivity index (χ4v) is 2.14. The van der Waals surface area contributed by atoms with Crippen LogP contribution in [-0.4, -0.2) is 37.7 Å². The lowest BCUT2D eigenvalue weighted by Gasteiger charge is -2.20. The van der Waals surface area contributed by atoms with E-state index < -0.39 is 17.7 Å². The number of phenols is 1. The normalized spacial score (nSPS) is 11.2. The van der Waals surface area contributed by atoms with E-state index in [1.165, 1.54) is 29.1 Å². The molecule has 0 saturated carbocycles. The summed E-state index contributed by atoms with van der Waals surface area (Å²) in [5.74, 6) is -1.29. The van der Waals surface area contributed by atoms with Crippen molar-refractivity contribution in [1.82, 2.24) is 9.78 Å². The van der Waals surface area contributed by atoms with E-state index in [0.717, 1.165) is 0 Å². The van der Waals surface area contributed by atoms with Gasteiger partial charge in [-0.15, -0.1) is 0 Å². The zero-order valence-corrected chi connectivity index (χ0v) is 13.8. The number of aromatic nitrogens is 2. The summed E-state index contributed by atoms with van der Waals surface area (Å²) in [5, 5.41) is 25.8. The van der Waals surface area contributed by atoms with Crippen LogP contribution in [0.2, 0.25) is 0 Å². The zero-order valence-electron chi connectivity index (χ0n) is 13.8. The molecule has 0 atom stereocenters. The van der Waals surface area contributed by atoms with Crippen molar-refractivity contribution in [3.8, 4) is 17.0 Å². The molecule has 0 radical (unpaired) electrons. The third-order valence-corrected chi connectivity index (χ3v) is 3.07. The molecule has 8 heteroatoms. The van der Waals surface area contributed by atoms with Gasteiger partial charge in [0.1, 0.15) is 16.9 Å². The van der Waals surface area contributed by atoms with Gasteiger partial charge in [-0.1, -0.05) is 0 Å². The molecule has 0 aliphatic heterocycles. The summed E-state index contributed by atoms with van der Waals surface area (Å²) in [5.41, 5.74) is 0.119. The maximum Gasteiger partial charge on any atom is 0.412 e. The molecule has 3 N–H and O–H groups in total. The van der Waals surface area contributed by atoms with Crippen molar-refractivity contribution in [1.29, 1.82) is 0 Å². The van der Waals surface area contributed by atoms with Crippen molar-refractivity contribution in [2.24, 2.45) is 7.05 Å². The Balaban J connectivity index is 2.39. The Hall–Kier alpha value is -3.03. The van der Waals surface area contributed by atoms with Crippen molar-refractivity contribution >= 4 is 17.7 Å². The highest BCUT2D eigenvalue weighted by molar-refractivity contribution is 5.96. The number of aromatic hydroxyl groups is 1. The Labute approximate surface area is 138 Å². The average Bonchev–Trinajstić information content (AvgIpc) is 2.81. The van der Waals surface area contributed by atoms with Crippen LogP contribution in [0.5, 0.6) is 5.75 Å². The van der Waals surface area contributed by atoms with Crippen LogP contribution >= 0.6 is 0 Å². The predicted molar refractivity (Wildman–Crippen MR) is 87.1 cm³/mol. The van der Waals surface area contributed by atoms with E-state index in [1.54, 1.807) is 27.8 Å². The third-order valence-electron chi connectivity index (χ3n) is 3.07. The van der Waals surface area contributed by atoms with Crippen LogP contribution in [0.1, 0.15) is 31.1 Å². The minimum Gasteiger partial charge on any atom is -0.507 e. The van der Waals surface area contributed by atoms with Crippen molar-refractivity contribution in [2.75, 3.05) is 5.32 Å². The Kier molecular flexibility index (Phi) is 4.50. The van der Waals surface area contributed by atoms with Crippen LogP contribution in [0.3, 0.4) is 0 Å². The number of carbonyl (C=O) groups excluding carboxylic acids is 1. The van der Waals surface area contributed by atoms with Crippen LogP contribution in [0.4, 0.5) is 10.5 Å². The van der Waals surface area contributed by atoms with Gasteiger partial charge in [-0.05, 0) is 39.0 Å². The van der Waals surface area contributed by atoms with Gasteiger partial charge < -0.3 is 14.9 Å². The van der Waals surface area contributed by atoms with Crippen LogP contribution in [-0.2, 0) is 11.8 Å². The van der Waals surface area contributed by atoms with Crippen LogP contribution in [0.25, 0.3) is 11.3 Å². The molecule has 1 aromatic carbocycles. The summed E-state index contributed by atoms with van der Waals surface area (Å²) in [6.07, 6.45) is 0.549. The number of phenolic OH excluding ortho intramolecular Hbond substituents is 1. The number of carbonyl (C=O) groups is 2. The van der Waals surface area contributed by atoms with Gasteiger partial charge in [-0.2, -0.15) is 5.10 Å². The second-order valence-electron chi connectivity index (χ2n) is 6.19. The van der Waals surface area contributed by atoms with Gasteiger partial charge >= 0.3 is 12.1 Å². The second kappa shape index (κ2) is 6.23. The van der Waals surface area contributed by atoms with Gasteiger partial charge in [-0.25, -0.2) is 9.59 Å². The summed E-state index contributed by atoms with van der Waals surface area (Å²) in [6, 6.07) is 4.31. The maximum absolute atomic E-state index is 11.8. The molecule has 128 valence electrons. The Morgan fingerprint density at radius 3 is 2.54 bits per heavy atom. The first-order valence-corrected chi connectivity index (χ1v) is 7.17. The number of aryl methyl sites for hydroxylation is 1. The van der Waals surface area contributed by atoms with Gasteiger partial charge in [0.15, 0.2) is 0 Å². The third kappa shape index (κ3) is 3.83. The number of carboxylic acid groups (broad SMARTS) is 1. The summed E-state index contributed by atoms with van der Waals surface area (Å²) in [6.45, 7) is 5.22. The molecule has 0 saturated heterocycles. The van der Waals surface area contributed by atoms with Crippen molar-refractivity contribution in [3.63, 3.8) is 0 Å². The van der Waals surface area contributed by atoms with Gasteiger partial charge in [-0.3, -0.25) is 10.00 Å². The summed E-state index contributed by atoms with van der Waals surface area (Å²) in [4.78, 5) is 23.2. The molecule has 0 fully saturated rings. The molecule has 0 aliphatic carbocycles. The molecule has 24 heavy (non-hydrogen) atoms. The smallest absolute Gasteiger partial charge is 0.412 e. The number of nitrogens with zero attached hydrogens (tertiary/aromatic N) is 2. The Bertz CT molecular complexity index is 789. The van der Waals surface area contributed by atoms with Crippen LogP contribution < -0.4 is 5.32 Å². The minimum absolute atomic E-state index is 0.0535. The number of nitrogens with one attached hydrogen (secondary N) is 1. The lowest BCUT2D eigenvalue weighted by atomic mass is 10.1. The molecule has 0 unspecified atom stereocenters.